The van der Waals surface area contributed by atoms with Crippen molar-refractivity contribution in [3.63, 3.8) is 0 Å². The number of ether oxygens (including phenoxy) is 1. The topological polar surface area (TPSA) is 53.0 Å². The van der Waals surface area contributed by atoms with Crippen LogP contribution < -0.4 is 4.74 Å². The lowest BCUT2D eigenvalue weighted by Gasteiger charge is -2.35. The Kier molecular flexibility index (Phi) is 5.45. The standard InChI is InChI=1S/C15H21ClN2O3/c1-11(19)10-17-5-7-18(8-6-17)15(20)13-4-3-12(16)9-14(13)21-2/h3-4,9,11,19H,5-8,10H2,1-2H3/t11-/m0/s1. The van der Waals surface area contributed by atoms with E-state index in [0.29, 0.717) is 36.0 Å². The van der Waals surface area contributed by atoms with Gasteiger partial charge in [0, 0.05) is 37.7 Å². The van der Waals surface area contributed by atoms with Gasteiger partial charge in [-0.25, -0.2) is 0 Å². The van der Waals surface area contributed by atoms with Gasteiger partial charge in [0.25, 0.3) is 5.91 Å². The number of nitrogens with zero attached hydrogens (tertiary/aromatic N) is 2. The molecule has 0 bridgehead atoms. The van der Waals surface area contributed by atoms with Gasteiger partial charge in [-0.3, -0.25) is 9.69 Å². The zero-order valence-electron chi connectivity index (χ0n) is 12.4. The third-order valence-corrected chi connectivity index (χ3v) is 3.81. The third kappa shape index (κ3) is 4.09. The molecule has 1 aromatic carbocycles. The van der Waals surface area contributed by atoms with Gasteiger partial charge in [0.05, 0.1) is 18.8 Å². The van der Waals surface area contributed by atoms with Crippen LogP contribution in [-0.2, 0) is 0 Å². The van der Waals surface area contributed by atoms with Crippen LogP contribution in [0.4, 0.5) is 0 Å². The molecule has 1 heterocycles. The van der Waals surface area contributed by atoms with E-state index in [0.717, 1.165) is 13.1 Å². The molecule has 1 atom stereocenters. The Bertz CT molecular complexity index is 500. The van der Waals surface area contributed by atoms with E-state index in [2.05, 4.69) is 4.90 Å². The molecular formula is C15H21ClN2O3. The molecule has 0 spiro atoms. The van der Waals surface area contributed by atoms with Crippen molar-refractivity contribution in [1.82, 2.24) is 9.80 Å². The summed E-state index contributed by atoms with van der Waals surface area (Å²) in [5, 5.41) is 9.95. The maximum absolute atomic E-state index is 12.6. The first-order chi connectivity index (χ1) is 10.0. The lowest BCUT2D eigenvalue weighted by atomic mass is 10.1. The number of aliphatic hydroxyl groups excluding tert-OH is 1. The molecule has 2 rings (SSSR count). The number of piperazine rings is 1. The molecule has 1 aromatic rings. The van der Waals surface area contributed by atoms with Crippen molar-refractivity contribution in [1.29, 1.82) is 0 Å². The van der Waals surface area contributed by atoms with Crippen LogP contribution in [-0.4, -0.2) is 66.8 Å². The first-order valence-electron chi connectivity index (χ1n) is 7.04. The van der Waals surface area contributed by atoms with Crippen molar-refractivity contribution < 1.29 is 14.6 Å². The van der Waals surface area contributed by atoms with Crippen molar-refractivity contribution >= 4 is 17.5 Å². The summed E-state index contributed by atoms with van der Waals surface area (Å²) in [4.78, 5) is 16.5. The predicted octanol–water partition coefficient (Wildman–Crippen LogP) is 1.49. The molecule has 1 saturated heterocycles. The van der Waals surface area contributed by atoms with Gasteiger partial charge < -0.3 is 14.7 Å². The summed E-state index contributed by atoms with van der Waals surface area (Å²) < 4.78 is 5.24. The average molecular weight is 313 g/mol. The number of β-amino-alcohol motifs (C(OH)–C–C–N with tert-alkyl or cyclic N) is 1. The van der Waals surface area contributed by atoms with Crippen molar-refractivity contribution in [2.75, 3.05) is 39.8 Å². The molecule has 6 heteroatoms. The minimum absolute atomic E-state index is 0.0415. The first-order valence-corrected chi connectivity index (χ1v) is 7.42. The minimum Gasteiger partial charge on any atom is -0.496 e. The average Bonchev–Trinajstić information content (AvgIpc) is 2.46. The second kappa shape index (κ2) is 7.11. The van der Waals surface area contributed by atoms with E-state index in [4.69, 9.17) is 16.3 Å². The summed E-state index contributed by atoms with van der Waals surface area (Å²) in [7, 11) is 1.53. The van der Waals surface area contributed by atoms with Crippen molar-refractivity contribution in [3.05, 3.63) is 28.8 Å². The zero-order valence-corrected chi connectivity index (χ0v) is 13.1. The minimum atomic E-state index is -0.344. The van der Waals surface area contributed by atoms with Crippen LogP contribution in [0.1, 0.15) is 17.3 Å². The smallest absolute Gasteiger partial charge is 0.257 e. The fourth-order valence-electron chi connectivity index (χ4n) is 2.52. The molecular weight excluding hydrogens is 292 g/mol. The Morgan fingerprint density at radius 2 is 2.05 bits per heavy atom. The molecule has 21 heavy (non-hydrogen) atoms. The highest BCUT2D eigenvalue weighted by Crippen LogP contribution is 2.24. The van der Waals surface area contributed by atoms with Gasteiger partial charge in [-0.2, -0.15) is 0 Å². The molecule has 1 fully saturated rings. The van der Waals surface area contributed by atoms with E-state index in [1.165, 1.54) is 7.11 Å². The Morgan fingerprint density at radius 3 is 2.62 bits per heavy atom. The van der Waals surface area contributed by atoms with Crippen molar-refractivity contribution in [2.45, 2.75) is 13.0 Å². The second-order valence-corrected chi connectivity index (χ2v) is 5.72. The van der Waals surface area contributed by atoms with Crippen LogP contribution >= 0.6 is 11.6 Å². The molecule has 5 nitrogen and oxygen atoms in total. The SMILES string of the molecule is COc1cc(Cl)ccc1C(=O)N1CCN(C[C@H](C)O)CC1. The quantitative estimate of drug-likeness (QED) is 0.915. The fraction of sp³-hybridized carbons (Fsp3) is 0.533. The number of carbonyl (C=O) groups excluding carboxylic acids is 1. The van der Waals surface area contributed by atoms with Gasteiger partial charge in [0.15, 0.2) is 0 Å². The van der Waals surface area contributed by atoms with Gasteiger partial charge in [-0.05, 0) is 25.1 Å². The number of benzene rings is 1. The van der Waals surface area contributed by atoms with Crippen molar-refractivity contribution in [3.8, 4) is 5.75 Å². The van der Waals surface area contributed by atoms with E-state index in [-0.39, 0.29) is 12.0 Å². The van der Waals surface area contributed by atoms with E-state index in [1.807, 2.05) is 4.90 Å². The second-order valence-electron chi connectivity index (χ2n) is 5.29. The molecule has 0 unspecified atom stereocenters. The van der Waals surface area contributed by atoms with Crippen molar-refractivity contribution in [2.24, 2.45) is 0 Å². The van der Waals surface area contributed by atoms with E-state index in [1.54, 1.807) is 25.1 Å². The number of amides is 1. The molecule has 116 valence electrons. The van der Waals surface area contributed by atoms with Crippen LogP contribution in [0.2, 0.25) is 5.02 Å². The van der Waals surface area contributed by atoms with Gasteiger partial charge in [0.2, 0.25) is 0 Å². The van der Waals surface area contributed by atoms with Crippen LogP contribution in [0.15, 0.2) is 18.2 Å². The molecule has 1 N–H and O–H groups in total. The summed E-state index contributed by atoms with van der Waals surface area (Å²) in [6.45, 7) is 5.26. The lowest BCUT2D eigenvalue weighted by molar-refractivity contribution is 0.0551. The summed E-state index contributed by atoms with van der Waals surface area (Å²) in [5.41, 5.74) is 0.533. The van der Waals surface area contributed by atoms with Gasteiger partial charge in [0.1, 0.15) is 5.75 Å². The Balaban J connectivity index is 2.02. The molecule has 0 radical (unpaired) electrons. The molecule has 0 aromatic heterocycles. The van der Waals surface area contributed by atoms with Crippen LogP contribution in [0.3, 0.4) is 0 Å². The maximum atomic E-state index is 12.6. The monoisotopic (exact) mass is 312 g/mol. The number of hydrogen-bond donors (Lipinski definition) is 1. The van der Waals surface area contributed by atoms with Gasteiger partial charge >= 0.3 is 0 Å². The highest BCUT2D eigenvalue weighted by molar-refractivity contribution is 6.30. The number of hydrogen-bond acceptors (Lipinski definition) is 4. The van der Waals surface area contributed by atoms with E-state index in [9.17, 15) is 9.90 Å². The number of aliphatic hydroxyl groups is 1. The molecule has 1 aliphatic heterocycles. The highest BCUT2D eigenvalue weighted by atomic mass is 35.5. The van der Waals surface area contributed by atoms with Crippen LogP contribution in [0, 0.1) is 0 Å². The molecule has 1 aliphatic rings. The van der Waals surface area contributed by atoms with Crippen LogP contribution in [0.5, 0.6) is 5.75 Å². The van der Waals surface area contributed by atoms with Gasteiger partial charge in [-0.1, -0.05) is 11.6 Å². The molecule has 1 amide bonds. The fourth-order valence-corrected chi connectivity index (χ4v) is 2.68. The van der Waals surface area contributed by atoms with E-state index >= 15 is 0 Å². The highest BCUT2D eigenvalue weighted by Gasteiger charge is 2.24. The summed E-state index contributed by atoms with van der Waals surface area (Å²) in [6.07, 6.45) is -0.344. The normalized spacial score (nSPS) is 17.6. The molecule has 0 saturated carbocycles. The Morgan fingerprint density at radius 1 is 1.38 bits per heavy atom. The van der Waals surface area contributed by atoms with E-state index < -0.39 is 0 Å². The first kappa shape index (κ1) is 16.1. The zero-order chi connectivity index (χ0) is 15.4. The number of rotatable bonds is 4. The largest absolute Gasteiger partial charge is 0.496 e. The maximum Gasteiger partial charge on any atom is 0.257 e. The summed E-state index contributed by atoms with van der Waals surface area (Å²) in [6, 6.07) is 5.05. The van der Waals surface area contributed by atoms with Gasteiger partial charge in [-0.15, -0.1) is 0 Å². The lowest BCUT2D eigenvalue weighted by Crippen LogP contribution is -2.50. The Hall–Kier alpha value is -1.30. The summed E-state index contributed by atoms with van der Waals surface area (Å²) >= 11 is 5.92. The molecule has 0 aliphatic carbocycles. The Labute approximate surface area is 130 Å². The predicted molar refractivity (Wildman–Crippen MR) is 82.0 cm³/mol. The number of carbonyl (C=O) groups is 1. The third-order valence-electron chi connectivity index (χ3n) is 3.58. The van der Waals surface area contributed by atoms with Crippen LogP contribution in [0.25, 0.3) is 0 Å². The number of halogens is 1. The summed E-state index contributed by atoms with van der Waals surface area (Å²) in [5.74, 6) is 0.458. The number of methoxy groups -OCH3 is 1.